The molecule has 0 bridgehead atoms. The second kappa shape index (κ2) is 65.5. The number of phosphoric ester groups is 1. The third-order valence-corrected chi connectivity index (χ3v) is 12.8. The minimum absolute atomic E-state index is 0.0290. The number of rotatable bonds is 55. The molecule has 0 aliphatic rings. The van der Waals surface area contributed by atoms with Crippen molar-refractivity contribution in [1.82, 2.24) is 0 Å². The number of nitrogens with two attached hydrogens (primary N) is 1. The Morgan fingerprint density at radius 2 is 0.627 bits per heavy atom. The van der Waals surface area contributed by atoms with Gasteiger partial charge in [0, 0.05) is 19.4 Å². The van der Waals surface area contributed by atoms with Crippen LogP contribution in [0.25, 0.3) is 0 Å². The third kappa shape index (κ3) is 65.4. The van der Waals surface area contributed by atoms with E-state index in [2.05, 4.69) is 233 Å². The Labute approximate surface area is 505 Å². The van der Waals surface area contributed by atoms with Crippen LogP contribution in [0.15, 0.2) is 219 Å². The van der Waals surface area contributed by atoms with E-state index in [9.17, 15) is 19.0 Å². The molecule has 83 heavy (non-hydrogen) atoms. The monoisotopic (exact) mass is 1160 g/mol. The van der Waals surface area contributed by atoms with Gasteiger partial charge in [-0.1, -0.05) is 245 Å². The van der Waals surface area contributed by atoms with E-state index in [4.69, 9.17) is 24.3 Å². The number of phosphoric acid groups is 1. The predicted molar refractivity (Wildman–Crippen MR) is 357 cm³/mol. The molecular weight excluding hydrogens is 1050 g/mol. The van der Waals surface area contributed by atoms with Gasteiger partial charge in [0.1, 0.15) is 6.61 Å². The van der Waals surface area contributed by atoms with Gasteiger partial charge in [0.05, 0.1) is 13.2 Å². The van der Waals surface area contributed by atoms with Crippen LogP contribution in [-0.2, 0) is 32.7 Å². The van der Waals surface area contributed by atoms with Crippen LogP contribution in [0.1, 0.15) is 194 Å². The highest BCUT2D eigenvalue weighted by Crippen LogP contribution is 2.43. The number of allylic oxidation sites excluding steroid dienone is 36. The number of unbranched alkanes of at least 4 members (excludes halogenated alkanes) is 6. The summed E-state index contributed by atoms with van der Waals surface area (Å²) in [5.74, 6) is -0.928. The largest absolute Gasteiger partial charge is 0.472 e. The van der Waals surface area contributed by atoms with Crippen molar-refractivity contribution in [3.8, 4) is 0 Å². The maximum Gasteiger partial charge on any atom is 0.472 e. The van der Waals surface area contributed by atoms with Gasteiger partial charge in [0.25, 0.3) is 0 Å². The van der Waals surface area contributed by atoms with Crippen LogP contribution in [0.2, 0.25) is 0 Å². The second-order valence-corrected chi connectivity index (χ2v) is 20.9. The number of carbonyl (C=O) groups excluding carboxylic acids is 2. The van der Waals surface area contributed by atoms with Crippen LogP contribution in [-0.4, -0.2) is 49.3 Å². The lowest BCUT2D eigenvalue weighted by Crippen LogP contribution is -2.29. The van der Waals surface area contributed by atoms with Crippen molar-refractivity contribution < 1.29 is 37.6 Å². The summed E-state index contributed by atoms with van der Waals surface area (Å²) < 4.78 is 33.0. The zero-order chi connectivity index (χ0) is 60.1. The first-order valence-electron chi connectivity index (χ1n) is 31.2. The molecule has 0 fully saturated rings. The summed E-state index contributed by atoms with van der Waals surface area (Å²) >= 11 is 0. The normalized spacial score (nSPS) is 14.5. The molecular formula is C73H110NO8P. The molecule has 0 rings (SSSR count). The lowest BCUT2D eigenvalue weighted by molar-refractivity contribution is -0.161. The van der Waals surface area contributed by atoms with Crippen LogP contribution >= 0.6 is 7.82 Å². The first-order valence-corrected chi connectivity index (χ1v) is 32.7. The molecule has 0 saturated heterocycles. The van der Waals surface area contributed by atoms with E-state index in [1.807, 2.05) is 0 Å². The molecule has 0 aliphatic carbocycles. The molecule has 2 atom stereocenters. The van der Waals surface area contributed by atoms with Gasteiger partial charge in [-0.3, -0.25) is 18.6 Å². The number of esters is 2. The summed E-state index contributed by atoms with van der Waals surface area (Å²) in [7, 11) is -4.43. The molecule has 3 N–H and O–H groups in total. The Hall–Kier alpha value is -5.67. The van der Waals surface area contributed by atoms with Crippen LogP contribution in [0.3, 0.4) is 0 Å². The quantitative estimate of drug-likeness (QED) is 0.0264. The van der Waals surface area contributed by atoms with E-state index < -0.39 is 32.5 Å². The molecule has 0 heterocycles. The minimum atomic E-state index is -4.43. The molecule has 0 aromatic heterocycles. The minimum Gasteiger partial charge on any atom is -0.462 e. The Morgan fingerprint density at radius 3 is 0.904 bits per heavy atom. The summed E-state index contributed by atoms with van der Waals surface area (Å²) in [6, 6.07) is 0. The van der Waals surface area contributed by atoms with Crippen molar-refractivity contribution in [2.24, 2.45) is 5.73 Å². The van der Waals surface area contributed by atoms with Crippen LogP contribution in [0.5, 0.6) is 0 Å². The van der Waals surface area contributed by atoms with Gasteiger partial charge in [-0.05, 0) is 154 Å². The maximum atomic E-state index is 12.7. The molecule has 0 radical (unpaired) electrons. The molecule has 0 spiro atoms. The molecule has 0 saturated carbocycles. The summed E-state index contributed by atoms with van der Waals surface area (Å²) in [5, 5.41) is 0. The molecule has 0 aromatic rings. The number of ether oxygens (including phenoxy) is 2. The van der Waals surface area contributed by atoms with Crippen LogP contribution in [0, 0.1) is 0 Å². The van der Waals surface area contributed by atoms with E-state index in [-0.39, 0.29) is 32.6 Å². The fraction of sp³-hybridized carbons (Fsp3) is 0.479. The maximum absolute atomic E-state index is 12.7. The highest BCUT2D eigenvalue weighted by atomic mass is 31.2. The fourth-order valence-corrected chi connectivity index (χ4v) is 8.09. The van der Waals surface area contributed by atoms with E-state index in [0.717, 1.165) is 154 Å². The predicted octanol–water partition coefficient (Wildman–Crippen LogP) is 20.5. The van der Waals surface area contributed by atoms with Crippen molar-refractivity contribution in [3.63, 3.8) is 0 Å². The smallest absolute Gasteiger partial charge is 0.462 e. The summed E-state index contributed by atoms with van der Waals surface area (Å²) in [5.41, 5.74) is 5.38. The van der Waals surface area contributed by atoms with E-state index in [1.54, 1.807) is 0 Å². The number of carbonyl (C=O) groups is 2. The lowest BCUT2D eigenvalue weighted by Gasteiger charge is -2.19. The Morgan fingerprint density at radius 1 is 0.361 bits per heavy atom. The summed E-state index contributed by atoms with van der Waals surface area (Å²) in [4.78, 5) is 35.2. The van der Waals surface area contributed by atoms with Gasteiger partial charge in [-0.2, -0.15) is 0 Å². The Kier molecular flexibility index (Phi) is 61.0. The second-order valence-electron chi connectivity index (χ2n) is 19.5. The summed E-state index contributed by atoms with van der Waals surface area (Å²) in [6.07, 6.45) is 103. The lowest BCUT2D eigenvalue weighted by atomic mass is 10.1. The van der Waals surface area contributed by atoms with Crippen molar-refractivity contribution in [2.75, 3.05) is 26.4 Å². The zero-order valence-corrected chi connectivity index (χ0v) is 52.2. The molecule has 0 amide bonds. The molecule has 460 valence electrons. The van der Waals surface area contributed by atoms with Gasteiger partial charge < -0.3 is 20.1 Å². The van der Waals surface area contributed by atoms with Crippen LogP contribution in [0.4, 0.5) is 0 Å². The number of hydrogen-bond acceptors (Lipinski definition) is 8. The van der Waals surface area contributed by atoms with E-state index in [1.165, 1.54) is 0 Å². The van der Waals surface area contributed by atoms with Crippen molar-refractivity contribution >= 4 is 19.8 Å². The van der Waals surface area contributed by atoms with Crippen molar-refractivity contribution in [1.29, 1.82) is 0 Å². The molecule has 9 nitrogen and oxygen atoms in total. The highest BCUT2D eigenvalue weighted by Gasteiger charge is 2.26. The molecule has 10 heteroatoms. The average molecular weight is 1160 g/mol. The Balaban J connectivity index is 4.19. The van der Waals surface area contributed by atoms with Gasteiger partial charge in [0.2, 0.25) is 0 Å². The van der Waals surface area contributed by atoms with Gasteiger partial charge in [-0.15, -0.1) is 0 Å². The first kappa shape index (κ1) is 77.3. The molecule has 0 aliphatic heterocycles. The van der Waals surface area contributed by atoms with Crippen molar-refractivity contribution in [2.45, 2.75) is 200 Å². The highest BCUT2D eigenvalue weighted by molar-refractivity contribution is 7.47. The number of hydrogen-bond donors (Lipinski definition) is 2. The van der Waals surface area contributed by atoms with E-state index >= 15 is 0 Å². The first-order chi connectivity index (χ1) is 40.8. The zero-order valence-electron chi connectivity index (χ0n) is 51.3. The Bertz CT molecular complexity index is 2150. The average Bonchev–Trinajstić information content (AvgIpc) is 3.48. The standard InChI is InChI=1S/C73H110NO8P/c1-3-5-7-9-11-13-15-17-19-21-23-25-27-29-31-33-35-37-39-41-43-45-47-49-51-53-55-57-59-61-63-65-72(75)79-69-71(70-81-83(77,78)80-68-67-74)82-73(76)66-64-62-60-58-56-54-52-50-48-46-44-42-40-38-36-34-32-30-28-26-24-22-20-18-16-14-12-10-8-6-4-2/h5-8,11-14,17-20,23-26,29-32,35-38,41-44,47-50,53-56,71H,3-4,9-10,15-16,21-22,27-28,33-34,39-40,45-46,51-52,57-70,74H2,1-2H3,(H,77,78)/b7-5-,8-6-,13-11-,14-12-,19-17-,20-18-,25-23-,26-24-,31-29-,32-30-,37-35-,38-36-,43-41-,44-42-,49-47-,50-48-,55-53-,56-54-. The SMILES string of the molecule is CC/C=C\C/C=C\C/C=C\C/C=C\C/C=C\C/C=C\C/C=C\C/C=C\C/C=C\CCCCCC(=O)OCC(COP(=O)(O)OCCN)OC(=O)CCCCC/C=C\C/C=C\C/C=C\C/C=C\C/C=C\C/C=C\C/C=C\C/C=C\C/C=C\CC. The van der Waals surface area contributed by atoms with E-state index in [0.29, 0.717) is 12.8 Å². The summed E-state index contributed by atoms with van der Waals surface area (Å²) in [6.45, 7) is 3.39. The molecule has 2 unspecified atom stereocenters. The topological polar surface area (TPSA) is 134 Å². The van der Waals surface area contributed by atoms with Crippen molar-refractivity contribution in [3.05, 3.63) is 219 Å². The fourth-order valence-electron chi connectivity index (χ4n) is 7.32. The van der Waals surface area contributed by atoms with Gasteiger partial charge >= 0.3 is 19.8 Å². The third-order valence-electron chi connectivity index (χ3n) is 11.9. The van der Waals surface area contributed by atoms with Crippen LogP contribution < -0.4 is 5.73 Å². The van der Waals surface area contributed by atoms with Gasteiger partial charge in [-0.25, -0.2) is 4.57 Å². The van der Waals surface area contributed by atoms with Gasteiger partial charge in [0.15, 0.2) is 6.10 Å². The molecule has 0 aromatic carbocycles.